The van der Waals surface area contributed by atoms with E-state index in [9.17, 15) is 9.59 Å². The second-order valence-corrected chi connectivity index (χ2v) is 4.75. The summed E-state index contributed by atoms with van der Waals surface area (Å²) < 4.78 is 9.96. The van der Waals surface area contributed by atoms with Crippen LogP contribution in [0.15, 0.2) is 36.0 Å². The predicted octanol–water partition coefficient (Wildman–Crippen LogP) is 3.15. The minimum absolute atomic E-state index is 0.152. The molecule has 0 unspecified atom stereocenters. The standard InChI is InChI=1S/C14H15NO4.C2H6/c1-9-5-4-6-10(7-9)15-8-11-12(16)18-14(2,3)19-13(11)17;1-2/h4-8,15H,1-3H3;1-2H3. The molecule has 0 amide bonds. The number of ether oxygens (including phenoxy) is 2. The Balaban J connectivity index is 0.00000106. The summed E-state index contributed by atoms with van der Waals surface area (Å²) >= 11 is 0. The average Bonchev–Trinajstić information content (AvgIpc) is 2.38. The molecule has 0 aliphatic carbocycles. The van der Waals surface area contributed by atoms with Gasteiger partial charge in [0.15, 0.2) is 5.57 Å². The van der Waals surface area contributed by atoms with Gasteiger partial charge < -0.3 is 14.8 Å². The van der Waals surface area contributed by atoms with Crippen molar-refractivity contribution in [2.75, 3.05) is 5.32 Å². The van der Waals surface area contributed by atoms with Crippen LogP contribution in [0, 0.1) is 6.92 Å². The molecule has 21 heavy (non-hydrogen) atoms. The molecule has 1 aromatic rings. The van der Waals surface area contributed by atoms with Gasteiger partial charge in [0.1, 0.15) is 0 Å². The van der Waals surface area contributed by atoms with Gasteiger partial charge in [0.25, 0.3) is 5.79 Å². The highest BCUT2D eigenvalue weighted by Gasteiger charge is 2.38. The van der Waals surface area contributed by atoms with Crippen molar-refractivity contribution in [2.24, 2.45) is 0 Å². The molecule has 114 valence electrons. The number of anilines is 1. The highest BCUT2D eigenvalue weighted by molar-refractivity contribution is 6.15. The van der Waals surface area contributed by atoms with Gasteiger partial charge in [0.2, 0.25) is 0 Å². The quantitative estimate of drug-likeness (QED) is 0.515. The lowest BCUT2D eigenvalue weighted by Crippen LogP contribution is -2.42. The number of nitrogens with one attached hydrogen (secondary N) is 1. The third-order valence-electron chi connectivity index (χ3n) is 2.52. The van der Waals surface area contributed by atoms with Gasteiger partial charge in [0, 0.05) is 25.7 Å². The molecule has 1 saturated heterocycles. The maximum absolute atomic E-state index is 11.7. The molecular formula is C16H21NO4. The van der Waals surface area contributed by atoms with Gasteiger partial charge >= 0.3 is 11.9 Å². The fourth-order valence-electron chi connectivity index (χ4n) is 1.67. The van der Waals surface area contributed by atoms with E-state index >= 15 is 0 Å². The Morgan fingerprint density at radius 1 is 1.10 bits per heavy atom. The third-order valence-corrected chi connectivity index (χ3v) is 2.52. The van der Waals surface area contributed by atoms with Crippen molar-refractivity contribution in [3.63, 3.8) is 0 Å². The van der Waals surface area contributed by atoms with Crippen LogP contribution in [0.2, 0.25) is 0 Å². The van der Waals surface area contributed by atoms with Crippen LogP contribution in [-0.2, 0) is 19.1 Å². The van der Waals surface area contributed by atoms with Crippen molar-refractivity contribution in [3.8, 4) is 0 Å². The monoisotopic (exact) mass is 291 g/mol. The van der Waals surface area contributed by atoms with Gasteiger partial charge in [-0.15, -0.1) is 0 Å². The molecular weight excluding hydrogens is 270 g/mol. The Hall–Kier alpha value is -2.30. The molecule has 0 spiro atoms. The molecule has 1 heterocycles. The smallest absolute Gasteiger partial charge is 0.350 e. The first kappa shape index (κ1) is 16.8. The van der Waals surface area contributed by atoms with Crippen LogP contribution in [0.25, 0.3) is 0 Å². The molecule has 1 fully saturated rings. The molecule has 0 saturated carbocycles. The Bertz CT molecular complexity index is 539. The first-order valence-corrected chi connectivity index (χ1v) is 6.87. The lowest BCUT2D eigenvalue weighted by molar-refractivity contribution is -0.222. The zero-order valence-corrected chi connectivity index (χ0v) is 13.0. The van der Waals surface area contributed by atoms with E-state index in [4.69, 9.17) is 9.47 Å². The molecule has 1 aromatic carbocycles. The van der Waals surface area contributed by atoms with Crippen molar-refractivity contribution in [2.45, 2.75) is 40.4 Å². The number of hydrogen-bond acceptors (Lipinski definition) is 5. The maximum atomic E-state index is 11.7. The van der Waals surface area contributed by atoms with Crippen LogP contribution in [-0.4, -0.2) is 17.7 Å². The first-order valence-electron chi connectivity index (χ1n) is 6.87. The van der Waals surface area contributed by atoms with E-state index in [0.29, 0.717) is 0 Å². The zero-order valence-electron chi connectivity index (χ0n) is 13.0. The molecule has 2 rings (SSSR count). The lowest BCUT2D eigenvalue weighted by Gasteiger charge is -2.29. The van der Waals surface area contributed by atoms with Crippen molar-refractivity contribution in [1.29, 1.82) is 0 Å². The highest BCUT2D eigenvalue weighted by atomic mass is 16.7. The van der Waals surface area contributed by atoms with E-state index in [-0.39, 0.29) is 5.57 Å². The van der Waals surface area contributed by atoms with Crippen molar-refractivity contribution < 1.29 is 19.1 Å². The molecule has 0 bridgehead atoms. The van der Waals surface area contributed by atoms with Gasteiger partial charge in [0.05, 0.1) is 0 Å². The Labute approximate surface area is 124 Å². The molecule has 5 heteroatoms. The number of carbonyl (C=O) groups is 2. The Morgan fingerprint density at radius 2 is 1.67 bits per heavy atom. The van der Waals surface area contributed by atoms with Gasteiger partial charge in [-0.05, 0) is 24.6 Å². The van der Waals surface area contributed by atoms with E-state index in [1.807, 2.05) is 45.0 Å². The van der Waals surface area contributed by atoms with E-state index < -0.39 is 17.7 Å². The number of aryl methyl sites for hydroxylation is 1. The third kappa shape index (κ3) is 4.63. The van der Waals surface area contributed by atoms with Crippen LogP contribution in [0.4, 0.5) is 5.69 Å². The second kappa shape index (κ2) is 6.92. The molecule has 0 radical (unpaired) electrons. The molecule has 0 atom stereocenters. The summed E-state index contributed by atoms with van der Waals surface area (Å²) in [6.07, 6.45) is 1.30. The summed E-state index contributed by atoms with van der Waals surface area (Å²) in [5.74, 6) is -2.60. The topological polar surface area (TPSA) is 64.6 Å². The Morgan fingerprint density at radius 3 is 2.19 bits per heavy atom. The van der Waals surface area contributed by atoms with E-state index in [2.05, 4.69) is 5.32 Å². The molecule has 1 aliphatic heterocycles. The number of cyclic esters (lactones) is 2. The van der Waals surface area contributed by atoms with Crippen LogP contribution in [0.3, 0.4) is 0 Å². The second-order valence-electron chi connectivity index (χ2n) is 4.75. The summed E-state index contributed by atoms with van der Waals surface area (Å²) in [5.41, 5.74) is 1.69. The van der Waals surface area contributed by atoms with Gasteiger partial charge in [-0.3, -0.25) is 0 Å². The molecule has 1 N–H and O–H groups in total. The Kier molecular flexibility index (Phi) is 5.52. The minimum atomic E-state index is -1.21. The van der Waals surface area contributed by atoms with Crippen molar-refractivity contribution in [1.82, 2.24) is 0 Å². The number of esters is 2. The lowest BCUT2D eigenvalue weighted by atomic mass is 10.2. The van der Waals surface area contributed by atoms with E-state index in [1.165, 1.54) is 20.0 Å². The van der Waals surface area contributed by atoms with E-state index in [0.717, 1.165) is 11.3 Å². The number of benzene rings is 1. The molecule has 5 nitrogen and oxygen atoms in total. The van der Waals surface area contributed by atoms with E-state index in [1.54, 1.807) is 0 Å². The largest absolute Gasteiger partial charge is 0.419 e. The average molecular weight is 291 g/mol. The summed E-state index contributed by atoms with van der Waals surface area (Å²) in [4.78, 5) is 23.4. The molecule has 1 aliphatic rings. The van der Waals surface area contributed by atoms with Gasteiger partial charge in [-0.1, -0.05) is 26.0 Å². The molecule has 0 aromatic heterocycles. The van der Waals surface area contributed by atoms with Crippen molar-refractivity contribution >= 4 is 17.6 Å². The normalized spacial score (nSPS) is 16.1. The van der Waals surface area contributed by atoms with Gasteiger partial charge in [-0.25, -0.2) is 9.59 Å². The summed E-state index contributed by atoms with van der Waals surface area (Å²) in [7, 11) is 0. The predicted molar refractivity (Wildman–Crippen MR) is 80.5 cm³/mol. The van der Waals surface area contributed by atoms with Crippen LogP contribution in [0.1, 0.15) is 33.3 Å². The summed E-state index contributed by atoms with van der Waals surface area (Å²) in [5, 5.41) is 2.88. The summed E-state index contributed by atoms with van der Waals surface area (Å²) in [6.45, 7) is 8.96. The number of carbonyl (C=O) groups excluding carboxylic acids is 2. The SMILES string of the molecule is CC.Cc1cccc(NC=C2C(=O)OC(C)(C)OC2=O)c1. The zero-order chi connectivity index (χ0) is 16.0. The fourth-order valence-corrected chi connectivity index (χ4v) is 1.67. The minimum Gasteiger partial charge on any atom is -0.419 e. The summed E-state index contributed by atoms with van der Waals surface area (Å²) in [6, 6.07) is 7.54. The van der Waals surface area contributed by atoms with Crippen molar-refractivity contribution in [3.05, 3.63) is 41.6 Å². The van der Waals surface area contributed by atoms with Crippen LogP contribution >= 0.6 is 0 Å². The number of hydrogen-bond donors (Lipinski definition) is 1. The highest BCUT2D eigenvalue weighted by Crippen LogP contribution is 2.22. The van der Waals surface area contributed by atoms with Crippen LogP contribution < -0.4 is 5.32 Å². The fraction of sp³-hybridized carbons (Fsp3) is 0.375. The first-order chi connectivity index (χ1) is 9.87. The number of rotatable bonds is 2. The van der Waals surface area contributed by atoms with Crippen LogP contribution in [0.5, 0.6) is 0 Å². The maximum Gasteiger partial charge on any atom is 0.350 e. The van der Waals surface area contributed by atoms with Gasteiger partial charge in [-0.2, -0.15) is 0 Å².